The molecule has 0 radical (unpaired) electrons. The summed E-state index contributed by atoms with van der Waals surface area (Å²) in [6.45, 7) is 2.67. The molecule has 0 aromatic carbocycles. The zero-order valence-corrected chi connectivity index (χ0v) is 14.9. The molecular weight excluding hydrogens is 363 g/mol. The number of furan rings is 1. The number of rotatable bonds is 6. The number of aromatic amines is 1. The van der Waals surface area contributed by atoms with E-state index >= 15 is 0 Å². The summed E-state index contributed by atoms with van der Waals surface area (Å²) in [5, 5.41) is 13.2. The molecule has 27 heavy (non-hydrogen) atoms. The number of H-pyrrole nitrogens is 1. The Morgan fingerprint density at radius 2 is 2.33 bits per heavy atom. The molecule has 11 heteroatoms. The number of hydrogen-bond acceptors (Lipinski definition) is 5. The van der Waals surface area contributed by atoms with Crippen LogP contribution in [0.15, 0.2) is 27.8 Å². The quantitative estimate of drug-likeness (QED) is 0.518. The van der Waals surface area contributed by atoms with E-state index in [1.165, 1.54) is 4.90 Å². The van der Waals surface area contributed by atoms with E-state index < -0.39 is 12.7 Å². The van der Waals surface area contributed by atoms with Crippen LogP contribution in [0.5, 0.6) is 0 Å². The minimum atomic E-state index is -4.18. The molecule has 1 saturated heterocycles. The lowest BCUT2D eigenvalue weighted by molar-refractivity contribution is -0.143. The summed E-state index contributed by atoms with van der Waals surface area (Å²) in [7, 11) is 0. The zero-order chi connectivity index (χ0) is 19.3. The van der Waals surface area contributed by atoms with E-state index in [9.17, 15) is 13.2 Å². The third-order valence-corrected chi connectivity index (χ3v) is 4.02. The Kier molecular flexibility index (Phi) is 5.99. The van der Waals surface area contributed by atoms with Gasteiger partial charge in [0.05, 0.1) is 12.8 Å². The maximum absolute atomic E-state index is 12.5. The number of alkyl halides is 3. The third-order valence-electron chi connectivity index (χ3n) is 4.02. The van der Waals surface area contributed by atoms with E-state index in [4.69, 9.17) is 4.42 Å². The first-order valence-corrected chi connectivity index (χ1v) is 8.72. The van der Waals surface area contributed by atoms with Crippen molar-refractivity contribution in [1.29, 1.82) is 0 Å². The highest BCUT2D eigenvalue weighted by atomic mass is 19.4. The van der Waals surface area contributed by atoms with E-state index in [1.54, 1.807) is 18.4 Å². The van der Waals surface area contributed by atoms with Crippen molar-refractivity contribution in [3.05, 3.63) is 24.2 Å². The van der Waals surface area contributed by atoms with Crippen LogP contribution >= 0.6 is 0 Å². The van der Waals surface area contributed by atoms with Crippen molar-refractivity contribution >= 4 is 5.96 Å². The molecule has 1 unspecified atom stereocenters. The van der Waals surface area contributed by atoms with E-state index in [2.05, 4.69) is 30.8 Å². The minimum Gasteiger partial charge on any atom is -0.461 e. The first-order chi connectivity index (χ1) is 12.9. The van der Waals surface area contributed by atoms with Gasteiger partial charge >= 0.3 is 6.18 Å². The molecule has 0 bridgehead atoms. The summed E-state index contributed by atoms with van der Waals surface area (Å²) in [5.41, 5.74) is 0. The Hall–Kier alpha value is -2.56. The lowest BCUT2D eigenvalue weighted by Gasteiger charge is -2.19. The van der Waals surface area contributed by atoms with Crippen LogP contribution in [0.25, 0.3) is 11.6 Å². The van der Waals surface area contributed by atoms with Crippen LogP contribution in [0.2, 0.25) is 0 Å². The second kappa shape index (κ2) is 8.42. The summed E-state index contributed by atoms with van der Waals surface area (Å²) in [4.78, 5) is 10.1. The van der Waals surface area contributed by atoms with Gasteiger partial charge in [-0.2, -0.15) is 13.2 Å². The average molecular weight is 385 g/mol. The number of hydrogen-bond donors (Lipinski definition) is 3. The molecular formula is C16H22F3N7O. The topological polar surface area (TPSA) is 94.4 Å². The van der Waals surface area contributed by atoms with Gasteiger partial charge in [-0.3, -0.25) is 10.00 Å². The molecule has 0 spiro atoms. The molecule has 8 nitrogen and oxygen atoms in total. The molecule has 0 amide bonds. The molecule has 3 rings (SSSR count). The lowest BCUT2D eigenvalue weighted by Crippen LogP contribution is -2.45. The summed E-state index contributed by atoms with van der Waals surface area (Å²) >= 11 is 0. The van der Waals surface area contributed by atoms with Gasteiger partial charge < -0.3 is 15.1 Å². The highest BCUT2D eigenvalue weighted by Crippen LogP contribution is 2.20. The lowest BCUT2D eigenvalue weighted by atomic mass is 10.3. The molecule has 148 valence electrons. The Morgan fingerprint density at radius 1 is 1.48 bits per heavy atom. The first-order valence-electron chi connectivity index (χ1n) is 8.72. The van der Waals surface area contributed by atoms with Crippen molar-refractivity contribution in [3.8, 4) is 11.6 Å². The number of aromatic nitrogens is 3. The molecule has 0 saturated carbocycles. The monoisotopic (exact) mass is 385 g/mol. The fourth-order valence-corrected chi connectivity index (χ4v) is 2.90. The summed E-state index contributed by atoms with van der Waals surface area (Å²) in [5.74, 6) is 2.10. The van der Waals surface area contributed by atoms with Gasteiger partial charge in [-0.1, -0.05) is 0 Å². The summed E-state index contributed by atoms with van der Waals surface area (Å²) in [6, 6.07) is 3.42. The highest BCUT2D eigenvalue weighted by molar-refractivity contribution is 5.80. The largest absolute Gasteiger partial charge is 0.461 e. The van der Waals surface area contributed by atoms with Gasteiger partial charge in [0.2, 0.25) is 5.82 Å². The number of aliphatic imine (C=N–C) groups is 1. The predicted molar refractivity (Wildman–Crippen MR) is 92.9 cm³/mol. The fraction of sp³-hybridized carbons (Fsp3) is 0.562. The molecule has 3 heterocycles. The van der Waals surface area contributed by atoms with Crippen LogP contribution in [0.1, 0.15) is 19.2 Å². The van der Waals surface area contributed by atoms with E-state index in [-0.39, 0.29) is 12.6 Å². The van der Waals surface area contributed by atoms with Gasteiger partial charge in [0.1, 0.15) is 12.4 Å². The van der Waals surface area contributed by atoms with Crippen molar-refractivity contribution in [1.82, 2.24) is 30.7 Å². The van der Waals surface area contributed by atoms with Gasteiger partial charge in [-0.25, -0.2) is 9.98 Å². The zero-order valence-electron chi connectivity index (χ0n) is 14.9. The molecule has 1 aliphatic heterocycles. The van der Waals surface area contributed by atoms with Crippen molar-refractivity contribution in [2.45, 2.75) is 32.1 Å². The Morgan fingerprint density at radius 3 is 3.04 bits per heavy atom. The predicted octanol–water partition coefficient (Wildman–Crippen LogP) is 1.76. The second-order valence-electron chi connectivity index (χ2n) is 6.26. The van der Waals surface area contributed by atoms with Gasteiger partial charge in [-0.15, -0.1) is 5.10 Å². The standard InChI is InChI=1S/C16H22F3N7O/c1-2-20-15(22-11-5-6-26(9-11)10-16(17,18)19)21-8-13-23-14(25-24-13)12-4-3-7-27-12/h3-4,7,11H,2,5-6,8-10H2,1H3,(H2,20,21,22)(H,23,24,25). The van der Waals surface area contributed by atoms with Gasteiger partial charge in [-0.05, 0) is 25.5 Å². The number of nitrogens with zero attached hydrogens (tertiary/aromatic N) is 4. The molecule has 2 aromatic rings. The summed E-state index contributed by atoms with van der Waals surface area (Å²) in [6.07, 6.45) is -2.00. The Labute approximate surface area is 154 Å². The minimum absolute atomic E-state index is 0.0847. The van der Waals surface area contributed by atoms with Crippen molar-refractivity contribution in [2.75, 3.05) is 26.2 Å². The van der Waals surface area contributed by atoms with Crippen LogP contribution < -0.4 is 10.6 Å². The molecule has 1 atom stereocenters. The van der Waals surface area contributed by atoms with Crippen LogP contribution in [-0.4, -0.2) is 64.4 Å². The number of nitrogens with one attached hydrogen (secondary N) is 3. The van der Waals surface area contributed by atoms with Crippen LogP contribution in [0.3, 0.4) is 0 Å². The molecule has 1 fully saturated rings. The van der Waals surface area contributed by atoms with Crippen LogP contribution in [0.4, 0.5) is 13.2 Å². The third kappa shape index (κ3) is 5.71. The van der Waals surface area contributed by atoms with Crippen LogP contribution in [0, 0.1) is 0 Å². The van der Waals surface area contributed by atoms with Gasteiger partial charge in [0, 0.05) is 25.7 Å². The molecule has 1 aliphatic rings. The van der Waals surface area contributed by atoms with E-state index in [0.717, 1.165) is 0 Å². The van der Waals surface area contributed by atoms with E-state index in [1.807, 2.05) is 6.92 Å². The first kappa shape index (κ1) is 19.2. The van der Waals surface area contributed by atoms with Gasteiger partial charge in [0.15, 0.2) is 11.7 Å². The Bertz CT molecular complexity index is 742. The highest BCUT2D eigenvalue weighted by Gasteiger charge is 2.34. The average Bonchev–Trinajstić information content (AvgIpc) is 3.33. The van der Waals surface area contributed by atoms with Gasteiger partial charge in [0.25, 0.3) is 0 Å². The number of halogens is 3. The second-order valence-corrected chi connectivity index (χ2v) is 6.26. The molecule has 2 aromatic heterocycles. The smallest absolute Gasteiger partial charge is 0.401 e. The van der Waals surface area contributed by atoms with Crippen LogP contribution in [-0.2, 0) is 6.54 Å². The van der Waals surface area contributed by atoms with Crippen molar-refractivity contribution < 1.29 is 17.6 Å². The summed E-state index contributed by atoms with van der Waals surface area (Å²) < 4.78 is 42.8. The number of guanidine groups is 1. The normalized spacial score (nSPS) is 18.8. The van der Waals surface area contributed by atoms with Crippen molar-refractivity contribution in [3.63, 3.8) is 0 Å². The number of likely N-dealkylation sites (tertiary alicyclic amines) is 1. The van der Waals surface area contributed by atoms with Crippen molar-refractivity contribution in [2.24, 2.45) is 4.99 Å². The maximum Gasteiger partial charge on any atom is 0.401 e. The maximum atomic E-state index is 12.5. The molecule has 0 aliphatic carbocycles. The fourth-order valence-electron chi connectivity index (χ4n) is 2.90. The SMILES string of the molecule is CCNC(=NCc1nc(-c2ccco2)n[nH]1)NC1CCN(CC(F)(F)F)C1. The molecule has 3 N–H and O–H groups in total. The van der Waals surface area contributed by atoms with E-state index in [0.29, 0.717) is 49.4 Å². The Balaban J connectivity index is 1.56.